The van der Waals surface area contributed by atoms with Gasteiger partial charge in [0, 0.05) is 17.8 Å². The van der Waals surface area contributed by atoms with Crippen molar-refractivity contribution in [2.24, 2.45) is 4.99 Å². The van der Waals surface area contributed by atoms with Gasteiger partial charge >= 0.3 is 0 Å². The Morgan fingerprint density at radius 2 is 1.91 bits per heavy atom. The van der Waals surface area contributed by atoms with Crippen LogP contribution in [0.5, 0.6) is 11.5 Å². The molecule has 0 saturated carbocycles. The number of phenols is 1. The number of rotatable bonds is 4. The van der Waals surface area contributed by atoms with Crippen LogP contribution in [0.1, 0.15) is 12.5 Å². The monoisotopic (exact) mass is 291 g/mol. The van der Waals surface area contributed by atoms with Gasteiger partial charge in [-0.1, -0.05) is 36.4 Å². The minimum absolute atomic E-state index is 0.225. The van der Waals surface area contributed by atoms with Gasteiger partial charge in [-0.15, -0.1) is 0 Å². The molecule has 3 heteroatoms. The van der Waals surface area contributed by atoms with Gasteiger partial charge < -0.3 is 9.84 Å². The number of hydrogen-bond acceptors (Lipinski definition) is 3. The van der Waals surface area contributed by atoms with Gasteiger partial charge in [0.05, 0.1) is 12.3 Å². The van der Waals surface area contributed by atoms with E-state index in [1.807, 2.05) is 61.5 Å². The molecule has 1 N–H and O–H groups in total. The van der Waals surface area contributed by atoms with Gasteiger partial charge in [-0.25, -0.2) is 0 Å². The number of phenolic OH excluding ortho intramolecular Hbond substituents is 1. The van der Waals surface area contributed by atoms with Crippen LogP contribution < -0.4 is 4.74 Å². The molecular formula is C19H17NO2. The molecule has 0 bridgehead atoms. The summed E-state index contributed by atoms with van der Waals surface area (Å²) in [5.74, 6) is 1.02. The molecule has 110 valence electrons. The molecule has 0 unspecified atom stereocenters. The molecule has 3 aromatic carbocycles. The maximum Gasteiger partial charge on any atom is 0.124 e. The van der Waals surface area contributed by atoms with E-state index in [2.05, 4.69) is 4.99 Å². The normalized spacial score (nSPS) is 11.1. The first-order chi connectivity index (χ1) is 10.8. The molecule has 0 amide bonds. The summed E-state index contributed by atoms with van der Waals surface area (Å²) in [6.45, 7) is 2.57. The topological polar surface area (TPSA) is 41.8 Å². The zero-order chi connectivity index (χ0) is 15.4. The second kappa shape index (κ2) is 6.31. The Kier molecular flexibility index (Phi) is 4.05. The minimum Gasteiger partial charge on any atom is -0.507 e. The van der Waals surface area contributed by atoms with E-state index >= 15 is 0 Å². The van der Waals surface area contributed by atoms with Crippen molar-refractivity contribution < 1.29 is 9.84 Å². The standard InChI is InChI=1S/C19H17NO2/c1-2-22-16-8-5-7-15(12-16)20-13-18-17-9-4-3-6-14(17)10-11-19(18)21/h3-13,21H,2H2,1H3. The Balaban J connectivity index is 1.99. The lowest BCUT2D eigenvalue weighted by Crippen LogP contribution is -1.90. The van der Waals surface area contributed by atoms with Gasteiger partial charge in [0.15, 0.2) is 0 Å². The van der Waals surface area contributed by atoms with E-state index in [1.165, 1.54) is 0 Å². The van der Waals surface area contributed by atoms with Gasteiger partial charge in [0.2, 0.25) is 0 Å². The number of fused-ring (bicyclic) bond motifs is 1. The largest absolute Gasteiger partial charge is 0.507 e. The van der Waals surface area contributed by atoms with E-state index in [0.29, 0.717) is 6.61 Å². The van der Waals surface area contributed by atoms with Crippen LogP contribution in [0.2, 0.25) is 0 Å². The zero-order valence-electron chi connectivity index (χ0n) is 12.4. The van der Waals surface area contributed by atoms with E-state index in [9.17, 15) is 5.11 Å². The highest BCUT2D eigenvalue weighted by atomic mass is 16.5. The summed E-state index contributed by atoms with van der Waals surface area (Å²) < 4.78 is 5.47. The van der Waals surface area contributed by atoms with Crippen molar-refractivity contribution in [3.05, 3.63) is 66.2 Å². The van der Waals surface area contributed by atoms with Crippen molar-refractivity contribution in [3.8, 4) is 11.5 Å². The van der Waals surface area contributed by atoms with Gasteiger partial charge in [0.1, 0.15) is 11.5 Å². The van der Waals surface area contributed by atoms with Crippen molar-refractivity contribution in [3.63, 3.8) is 0 Å². The Labute approximate surface area is 129 Å². The van der Waals surface area contributed by atoms with E-state index in [4.69, 9.17) is 4.74 Å². The van der Waals surface area contributed by atoms with Crippen LogP contribution >= 0.6 is 0 Å². The predicted octanol–water partition coefficient (Wildman–Crippen LogP) is 4.69. The lowest BCUT2D eigenvalue weighted by atomic mass is 10.0. The number of aliphatic imine (C=N–C) groups is 1. The Hall–Kier alpha value is -2.81. The third kappa shape index (κ3) is 2.93. The van der Waals surface area contributed by atoms with Crippen LogP contribution in [0.15, 0.2) is 65.7 Å². The molecule has 0 aliphatic carbocycles. The molecule has 0 aliphatic heterocycles. The van der Waals surface area contributed by atoms with Crippen molar-refractivity contribution in [1.29, 1.82) is 0 Å². The van der Waals surface area contributed by atoms with Crippen LogP contribution in [0, 0.1) is 0 Å². The maximum atomic E-state index is 10.1. The summed E-state index contributed by atoms with van der Waals surface area (Å²) in [6, 6.07) is 19.1. The molecular weight excluding hydrogens is 274 g/mol. The number of hydrogen-bond donors (Lipinski definition) is 1. The van der Waals surface area contributed by atoms with Crippen LogP contribution in [0.25, 0.3) is 10.8 Å². The van der Waals surface area contributed by atoms with Gasteiger partial charge in [-0.3, -0.25) is 4.99 Å². The summed E-state index contributed by atoms with van der Waals surface area (Å²) >= 11 is 0. The maximum absolute atomic E-state index is 10.1. The highest BCUT2D eigenvalue weighted by Gasteiger charge is 2.04. The summed E-state index contributed by atoms with van der Waals surface area (Å²) in [7, 11) is 0. The number of aromatic hydroxyl groups is 1. The molecule has 22 heavy (non-hydrogen) atoms. The fraction of sp³-hybridized carbons (Fsp3) is 0.105. The predicted molar refractivity (Wildman–Crippen MR) is 90.5 cm³/mol. The van der Waals surface area contributed by atoms with Crippen molar-refractivity contribution >= 4 is 22.7 Å². The fourth-order valence-electron chi connectivity index (χ4n) is 2.38. The second-order valence-corrected chi connectivity index (χ2v) is 4.91. The third-order valence-corrected chi connectivity index (χ3v) is 3.42. The molecule has 0 heterocycles. The molecule has 0 fully saturated rings. The minimum atomic E-state index is 0.225. The molecule has 3 rings (SSSR count). The molecule has 3 nitrogen and oxygen atoms in total. The van der Waals surface area contributed by atoms with Crippen LogP contribution in [-0.2, 0) is 0 Å². The number of nitrogens with zero attached hydrogens (tertiary/aromatic N) is 1. The van der Waals surface area contributed by atoms with Gasteiger partial charge in [-0.05, 0) is 35.9 Å². The average Bonchev–Trinajstić information content (AvgIpc) is 2.55. The van der Waals surface area contributed by atoms with Crippen molar-refractivity contribution in [1.82, 2.24) is 0 Å². The van der Waals surface area contributed by atoms with Gasteiger partial charge in [0.25, 0.3) is 0 Å². The molecule has 0 radical (unpaired) electrons. The summed E-state index contributed by atoms with van der Waals surface area (Å²) in [5, 5.41) is 12.2. The summed E-state index contributed by atoms with van der Waals surface area (Å²) in [6.07, 6.45) is 1.70. The van der Waals surface area contributed by atoms with Crippen LogP contribution in [-0.4, -0.2) is 17.9 Å². The van der Waals surface area contributed by atoms with E-state index < -0.39 is 0 Å². The van der Waals surface area contributed by atoms with E-state index in [0.717, 1.165) is 27.8 Å². The Morgan fingerprint density at radius 3 is 2.77 bits per heavy atom. The number of benzene rings is 3. The third-order valence-electron chi connectivity index (χ3n) is 3.42. The Morgan fingerprint density at radius 1 is 1.05 bits per heavy atom. The lowest BCUT2D eigenvalue weighted by molar-refractivity contribution is 0.340. The first kappa shape index (κ1) is 14.1. The SMILES string of the molecule is CCOc1cccc(N=Cc2c(O)ccc3ccccc23)c1. The van der Waals surface area contributed by atoms with E-state index in [1.54, 1.807) is 12.3 Å². The highest BCUT2D eigenvalue weighted by Crippen LogP contribution is 2.27. The smallest absolute Gasteiger partial charge is 0.124 e. The molecule has 0 spiro atoms. The average molecular weight is 291 g/mol. The number of ether oxygens (including phenoxy) is 1. The molecule has 0 saturated heterocycles. The van der Waals surface area contributed by atoms with Gasteiger partial charge in [-0.2, -0.15) is 0 Å². The molecule has 3 aromatic rings. The molecule has 0 aliphatic rings. The van der Waals surface area contributed by atoms with Crippen molar-refractivity contribution in [2.45, 2.75) is 6.92 Å². The fourth-order valence-corrected chi connectivity index (χ4v) is 2.38. The van der Waals surface area contributed by atoms with Crippen LogP contribution in [0.3, 0.4) is 0 Å². The second-order valence-electron chi connectivity index (χ2n) is 4.91. The first-order valence-electron chi connectivity index (χ1n) is 7.25. The zero-order valence-corrected chi connectivity index (χ0v) is 12.4. The lowest BCUT2D eigenvalue weighted by Gasteiger charge is -2.05. The van der Waals surface area contributed by atoms with E-state index in [-0.39, 0.29) is 5.75 Å². The molecule has 0 atom stereocenters. The van der Waals surface area contributed by atoms with Crippen LogP contribution in [0.4, 0.5) is 5.69 Å². The summed E-state index contributed by atoms with van der Waals surface area (Å²) in [5.41, 5.74) is 1.51. The van der Waals surface area contributed by atoms with Crippen molar-refractivity contribution in [2.75, 3.05) is 6.61 Å². The quantitative estimate of drug-likeness (QED) is 0.708. The first-order valence-corrected chi connectivity index (χ1v) is 7.25. The Bertz CT molecular complexity index is 825. The summed E-state index contributed by atoms with van der Waals surface area (Å²) in [4.78, 5) is 4.47. The molecule has 0 aromatic heterocycles. The highest BCUT2D eigenvalue weighted by molar-refractivity contribution is 6.02.